The summed E-state index contributed by atoms with van der Waals surface area (Å²) < 4.78 is 31.4. The summed E-state index contributed by atoms with van der Waals surface area (Å²) in [4.78, 5) is 24.1. The Labute approximate surface area is 175 Å². The molecule has 0 bridgehead atoms. The van der Waals surface area contributed by atoms with Gasteiger partial charge in [0.1, 0.15) is 5.75 Å². The summed E-state index contributed by atoms with van der Waals surface area (Å²) in [7, 11) is -2.17. The fourth-order valence-corrected chi connectivity index (χ4v) is 3.41. The molecule has 0 spiro atoms. The summed E-state index contributed by atoms with van der Waals surface area (Å²) >= 11 is 0. The molecule has 2 aromatic rings. The van der Waals surface area contributed by atoms with E-state index in [4.69, 9.17) is 10.00 Å². The molecule has 0 unspecified atom stereocenters. The van der Waals surface area contributed by atoms with Crippen LogP contribution in [0.5, 0.6) is 5.75 Å². The summed E-state index contributed by atoms with van der Waals surface area (Å²) in [6.07, 6.45) is 0.0558. The Morgan fingerprint density at radius 1 is 1.03 bits per heavy atom. The van der Waals surface area contributed by atoms with E-state index in [0.717, 1.165) is 5.56 Å². The number of carbonyl (C=O) groups is 2. The molecule has 3 N–H and O–H groups in total. The standard InChI is InChI=1S/C20H22N4O5S/c1-29-17-7-3-15(4-8-17)13-22-19(25)14-23-20(26)16-5-9-18(10-6-16)30(27,28)24-12-2-11-21/h3-10,24H,2,12-14H2,1H3,(H,22,25)(H,23,26). The van der Waals surface area contributed by atoms with Crippen molar-refractivity contribution in [2.24, 2.45) is 0 Å². The van der Waals surface area contributed by atoms with Crippen LogP contribution in [0.2, 0.25) is 0 Å². The summed E-state index contributed by atoms with van der Waals surface area (Å²) in [6.45, 7) is 0.0987. The van der Waals surface area contributed by atoms with Crippen molar-refractivity contribution in [3.63, 3.8) is 0 Å². The minimum absolute atomic E-state index is 0.00665. The molecule has 2 amide bonds. The molecule has 0 aliphatic heterocycles. The highest BCUT2D eigenvalue weighted by atomic mass is 32.2. The van der Waals surface area contributed by atoms with Crippen LogP contribution in [0.15, 0.2) is 53.4 Å². The number of hydrogen-bond acceptors (Lipinski definition) is 6. The highest BCUT2D eigenvalue weighted by Crippen LogP contribution is 2.11. The van der Waals surface area contributed by atoms with Gasteiger partial charge in [0.25, 0.3) is 5.91 Å². The zero-order valence-corrected chi connectivity index (χ0v) is 17.2. The van der Waals surface area contributed by atoms with E-state index in [1.165, 1.54) is 24.3 Å². The van der Waals surface area contributed by atoms with Gasteiger partial charge in [-0.3, -0.25) is 9.59 Å². The van der Waals surface area contributed by atoms with Crippen molar-refractivity contribution < 1.29 is 22.7 Å². The average molecular weight is 430 g/mol. The van der Waals surface area contributed by atoms with Crippen molar-refractivity contribution in [3.05, 3.63) is 59.7 Å². The Morgan fingerprint density at radius 3 is 2.30 bits per heavy atom. The van der Waals surface area contributed by atoms with Gasteiger partial charge in [0.2, 0.25) is 15.9 Å². The molecule has 0 aliphatic rings. The first-order valence-corrected chi connectivity index (χ1v) is 10.5. The number of rotatable bonds is 10. The first-order valence-electron chi connectivity index (χ1n) is 9.00. The Morgan fingerprint density at radius 2 is 1.70 bits per heavy atom. The number of nitrogens with zero attached hydrogens (tertiary/aromatic N) is 1. The minimum atomic E-state index is -3.74. The number of carbonyl (C=O) groups excluding carboxylic acids is 2. The second-order valence-corrected chi connectivity index (χ2v) is 7.90. The zero-order valence-electron chi connectivity index (χ0n) is 16.3. The van der Waals surface area contributed by atoms with E-state index < -0.39 is 15.9 Å². The molecular formula is C20H22N4O5S. The molecule has 0 heterocycles. The summed E-state index contributed by atoms with van der Waals surface area (Å²) in [6, 6.07) is 14.3. The molecule has 0 radical (unpaired) electrons. The van der Waals surface area contributed by atoms with Gasteiger partial charge in [-0.25, -0.2) is 13.1 Å². The largest absolute Gasteiger partial charge is 0.497 e. The van der Waals surface area contributed by atoms with E-state index in [9.17, 15) is 18.0 Å². The first kappa shape index (κ1) is 22.9. The Kier molecular flexibility index (Phi) is 8.34. The van der Waals surface area contributed by atoms with Gasteiger partial charge in [-0.1, -0.05) is 12.1 Å². The van der Waals surface area contributed by atoms with Gasteiger partial charge in [0.05, 0.1) is 24.6 Å². The van der Waals surface area contributed by atoms with Crippen LogP contribution in [0, 0.1) is 11.3 Å². The number of sulfonamides is 1. The Hall–Kier alpha value is -3.42. The van der Waals surface area contributed by atoms with Crippen LogP contribution in [0.1, 0.15) is 22.3 Å². The molecule has 0 aliphatic carbocycles. The first-order chi connectivity index (χ1) is 14.4. The minimum Gasteiger partial charge on any atom is -0.497 e. The second-order valence-electron chi connectivity index (χ2n) is 6.14. The summed E-state index contributed by atoms with van der Waals surface area (Å²) in [5.74, 6) is -0.148. The molecule has 30 heavy (non-hydrogen) atoms. The molecule has 2 rings (SSSR count). The van der Waals surface area contributed by atoms with Gasteiger partial charge in [-0.15, -0.1) is 0 Å². The van der Waals surface area contributed by atoms with E-state index in [0.29, 0.717) is 12.3 Å². The van der Waals surface area contributed by atoms with Crippen LogP contribution in [-0.2, 0) is 21.4 Å². The van der Waals surface area contributed by atoms with E-state index in [2.05, 4.69) is 15.4 Å². The summed E-state index contributed by atoms with van der Waals surface area (Å²) in [5, 5.41) is 13.6. The lowest BCUT2D eigenvalue weighted by molar-refractivity contribution is -0.120. The molecule has 9 nitrogen and oxygen atoms in total. The van der Waals surface area contributed by atoms with Crippen molar-refractivity contribution in [2.75, 3.05) is 20.2 Å². The molecule has 158 valence electrons. The van der Waals surface area contributed by atoms with Crippen LogP contribution in [-0.4, -0.2) is 40.4 Å². The third-order valence-corrected chi connectivity index (χ3v) is 5.49. The van der Waals surface area contributed by atoms with Gasteiger partial charge in [0, 0.05) is 25.1 Å². The second kappa shape index (κ2) is 10.9. The van der Waals surface area contributed by atoms with Crippen molar-refractivity contribution in [2.45, 2.75) is 17.9 Å². The molecule has 0 atom stereocenters. The van der Waals surface area contributed by atoms with Gasteiger partial charge < -0.3 is 15.4 Å². The van der Waals surface area contributed by atoms with Crippen molar-refractivity contribution >= 4 is 21.8 Å². The number of methoxy groups -OCH3 is 1. The molecule has 0 fully saturated rings. The smallest absolute Gasteiger partial charge is 0.251 e. The molecule has 0 saturated heterocycles. The number of amides is 2. The zero-order chi connectivity index (χ0) is 22.0. The van der Waals surface area contributed by atoms with Crippen molar-refractivity contribution in [1.82, 2.24) is 15.4 Å². The SMILES string of the molecule is COc1ccc(CNC(=O)CNC(=O)c2ccc(S(=O)(=O)NCCC#N)cc2)cc1. The molecule has 0 aromatic heterocycles. The maximum atomic E-state index is 12.2. The van der Waals surface area contributed by atoms with E-state index in [1.54, 1.807) is 19.2 Å². The van der Waals surface area contributed by atoms with Crippen LogP contribution >= 0.6 is 0 Å². The monoisotopic (exact) mass is 430 g/mol. The third-order valence-electron chi connectivity index (χ3n) is 4.01. The normalized spacial score (nSPS) is 10.7. The number of nitriles is 1. The fraction of sp³-hybridized carbons (Fsp3) is 0.250. The van der Waals surface area contributed by atoms with E-state index in [-0.39, 0.29) is 35.9 Å². The lowest BCUT2D eigenvalue weighted by Crippen LogP contribution is -2.36. The van der Waals surface area contributed by atoms with E-state index in [1.807, 2.05) is 18.2 Å². The highest BCUT2D eigenvalue weighted by molar-refractivity contribution is 7.89. The number of nitrogens with one attached hydrogen (secondary N) is 3. The Bertz CT molecular complexity index is 1010. The lowest BCUT2D eigenvalue weighted by atomic mass is 10.2. The lowest BCUT2D eigenvalue weighted by Gasteiger charge is -2.09. The topological polar surface area (TPSA) is 137 Å². The van der Waals surface area contributed by atoms with Crippen LogP contribution in [0.25, 0.3) is 0 Å². The van der Waals surface area contributed by atoms with Crippen LogP contribution in [0.3, 0.4) is 0 Å². The number of hydrogen-bond donors (Lipinski definition) is 3. The predicted octanol–water partition coefficient (Wildman–Crippen LogP) is 0.933. The highest BCUT2D eigenvalue weighted by Gasteiger charge is 2.14. The molecular weight excluding hydrogens is 408 g/mol. The van der Waals surface area contributed by atoms with Crippen LogP contribution in [0.4, 0.5) is 0 Å². The molecule has 10 heteroatoms. The maximum absolute atomic E-state index is 12.2. The fourth-order valence-electron chi connectivity index (χ4n) is 2.38. The van der Waals surface area contributed by atoms with Crippen molar-refractivity contribution in [1.29, 1.82) is 5.26 Å². The average Bonchev–Trinajstić information content (AvgIpc) is 2.76. The summed E-state index contributed by atoms with van der Waals surface area (Å²) in [5.41, 5.74) is 1.10. The maximum Gasteiger partial charge on any atom is 0.251 e. The number of benzene rings is 2. The molecule has 0 saturated carbocycles. The quantitative estimate of drug-likeness (QED) is 0.480. The van der Waals surface area contributed by atoms with Crippen molar-refractivity contribution in [3.8, 4) is 11.8 Å². The van der Waals surface area contributed by atoms with E-state index >= 15 is 0 Å². The predicted molar refractivity (Wildman–Crippen MR) is 109 cm³/mol. The van der Waals surface area contributed by atoms with Gasteiger partial charge in [0.15, 0.2) is 0 Å². The molecule has 2 aromatic carbocycles. The third kappa shape index (κ3) is 6.88. The van der Waals surface area contributed by atoms with Gasteiger partial charge in [-0.05, 0) is 42.0 Å². The Balaban J connectivity index is 1.82. The van der Waals surface area contributed by atoms with Crippen LogP contribution < -0.4 is 20.1 Å². The van der Waals surface area contributed by atoms with Gasteiger partial charge in [-0.2, -0.15) is 5.26 Å². The van der Waals surface area contributed by atoms with Gasteiger partial charge >= 0.3 is 0 Å². The number of ether oxygens (including phenoxy) is 1.